The van der Waals surface area contributed by atoms with E-state index < -0.39 is 0 Å². The summed E-state index contributed by atoms with van der Waals surface area (Å²) in [6.07, 6.45) is 2.37. The summed E-state index contributed by atoms with van der Waals surface area (Å²) in [4.78, 5) is 2.54. The Kier molecular flexibility index (Phi) is 3.79. The van der Waals surface area contributed by atoms with Crippen LogP contribution in [0.25, 0.3) is 0 Å². The second-order valence-corrected chi connectivity index (χ2v) is 6.25. The summed E-state index contributed by atoms with van der Waals surface area (Å²) < 4.78 is 0. The molecule has 0 spiro atoms. The molecule has 100 valence electrons. The average molecular weight is 246 g/mol. The number of benzene rings is 1. The molecule has 1 aliphatic heterocycles. The lowest BCUT2D eigenvalue weighted by atomic mass is 9.85. The van der Waals surface area contributed by atoms with E-state index in [1.54, 1.807) is 0 Å². The fraction of sp³-hybridized carbons (Fsp3) is 0.625. The minimum Gasteiger partial charge on any atom is -0.326 e. The van der Waals surface area contributed by atoms with Gasteiger partial charge in [0.05, 0.1) is 0 Å². The lowest BCUT2D eigenvalue weighted by molar-refractivity contribution is 0.0500. The minimum absolute atomic E-state index is 0.106. The molecule has 0 aromatic heterocycles. The SMILES string of the molecule is Cc1ccc(C)c(CN2CCCC(N)C2(C)C)c1. The zero-order valence-corrected chi connectivity index (χ0v) is 12.2. The summed E-state index contributed by atoms with van der Waals surface area (Å²) in [6.45, 7) is 11.1. The van der Waals surface area contributed by atoms with E-state index in [0.717, 1.165) is 19.5 Å². The molecule has 1 fully saturated rings. The van der Waals surface area contributed by atoms with E-state index in [0.29, 0.717) is 0 Å². The first kappa shape index (κ1) is 13.6. The van der Waals surface area contributed by atoms with Crippen LogP contribution >= 0.6 is 0 Å². The van der Waals surface area contributed by atoms with Crippen molar-refractivity contribution in [1.82, 2.24) is 4.90 Å². The van der Waals surface area contributed by atoms with Gasteiger partial charge in [-0.3, -0.25) is 4.90 Å². The third-order valence-electron chi connectivity index (χ3n) is 4.53. The molecule has 2 N–H and O–H groups in total. The number of nitrogens with two attached hydrogens (primary N) is 1. The summed E-state index contributed by atoms with van der Waals surface area (Å²) >= 11 is 0. The molecule has 2 nitrogen and oxygen atoms in total. The van der Waals surface area contributed by atoms with E-state index in [2.05, 4.69) is 50.8 Å². The topological polar surface area (TPSA) is 29.3 Å². The summed E-state index contributed by atoms with van der Waals surface area (Å²) in [6, 6.07) is 7.01. The smallest absolute Gasteiger partial charge is 0.0307 e. The van der Waals surface area contributed by atoms with Crippen LogP contribution in [-0.2, 0) is 6.54 Å². The van der Waals surface area contributed by atoms with Gasteiger partial charge in [-0.25, -0.2) is 0 Å². The van der Waals surface area contributed by atoms with Crippen LogP contribution in [0.4, 0.5) is 0 Å². The van der Waals surface area contributed by atoms with Crippen LogP contribution in [0.3, 0.4) is 0 Å². The Labute approximate surface area is 111 Å². The Morgan fingerprint density at radius 1 is 1.33 bits per heavy atom. The molecule has 1 aliphatic rings. The van der Waals surface area contributed by atoms with Gasteiger partial charge in [0.25, 0.3) is 0 Å². The molecule has 1 aromatic rings. The summed E-state index contributed by atoms with van der Waals surface area (Å²) in [7, 11) is 0. The Morgan fingerprint density at radius 3 is 2.78 bits per heavy atom. The standard InChI is InChI=1S/C16H26N2/c1-12-7-8-13(2)14(10-12)11-18-9-5-6-15(17)16(18,3)4/h7-8,10,15H,5-6,9,11,17H2,1-4H3. The highest BCUT2D eigenvalue weighted by Crippen LogP contribution is 2.28. The number of hydrogen-bond donors (Lipinski definition) is 1. The lowest BCUT2D eigenvalue weighted by Gasteiger charge is -2.47. The highest BCUT2D eigenvalue weighted by Gasteiger charge is 2.36. The molecule has 0 amide bonds. The molecule has 1 heterocycles. The predicted molar refractivity (Wildman–Crippen MR) is 77.6 cm³/mol. The van der Waals surface area contributed by atoms with Gasteiger partial charge in [0.1, 0.15) is 0 Å². The van der Waals surface area contributed by atoms with Gasteiger partial charge in [0, 0.05) is 18.1 Å². The normalized spacial score (nSPS) is 24.2. The maximum absolute atomic E-state index is 6.28. The van der Waals surface area contributed by atoms with Crippen molar-refractivity contribution in [1.29, 1.82) is 0 Å². The fourth-order valence-corrected chi connectivity index (χ4v) is 2.84. The van der Waals surface area contributed by atoms with Crippen molar-refractivity contribution in [3.8, 4) is 0 Å². The summed E-state index contributed by atoms with van der Waals surface area (Å²) in [5, 5.41) is 0. The molecule has 1 unspecified atom stereocenters. The van der Waals surface area contributed by atoms with Crippen LogP contribution in [0.5, 0.6) is 0 Å². The third-order valence-corrected chi connectivity index (χ3v) is 4.53. The Bertz CT molecular complexity index is 423. The molecular formula is C16H26N2. The van der Waals surface area contributed by atoms with Gasteiger partial charge in [0.15, 0.2) is 0 Å². The zero-order valence-electron chi connectivity index (χ0n) is 12.2. The number of likely N-dealkylation sites (tertiary alicyclic amines) is 1. The van der Waals surface area contributed by atoms with Crippen LogP contribution in [0.15, 0.2) is 18.2 Å². The van der Waals surface area contributed by atoms with Crippen molar-refractivity contribution in [3.05, 3.63) is 34.9 Å². The Balaban J connectivity index is 2.20. The van der Waals surface area contributed by atoms with Gasteiger partial charge < -0.3 is 5.73 Å². The first-order chi connectivity index (χ1) is 8.41. The third kappa shape index (κ3) is 2.60. The van der Waals surface area contributed by atoms with Crippen molar-refractivity contribution in [3.63, 3.8) is 0 Å². The quantitative estimate of drug-likeness (QED) is 0.869. The molecule has 1 atom stereocenters. The number of aryl methyl sites for hydroxylation is 2. The maximum atomic E-state index is 6.28. The van der Waals surface area contributed by atoms with Crippen molar-refractivity contribution >= 4 is 0 Å². The molecule has 0 aliphatic carbocycles. The zero-order chi connectivity index (χ0) is 13.3. The number of piperidine rings is 1. The van der Waals surface area contributed by atoms with Gasteiger partial charge >= 0.3 is 0 Å². The van der Waals surface area contributed by atoms with E-state index in [4.69, 9.17) is 5.73 Å². The van der Waals surface area contributed by atoms with Crippen LogP contribution in [0.1, 0.15) is 43.4 Å². The van der Waals surface area contributed by atoms with E-state index >= 15 is 0 Å². The molecule has 2 rings (SSSR count). The first-order valence-electron chi connectivity index (χ1n) is 6.98. The Hall–Kier alpha value is -0.860. The van der Waals surface area contributed by atoms with Crippen molar-refractivity contribution in [2.24, 2.45) is 5.73 Å². The van der Waals surface area contributed by atoms with Crippen molar-refractivity contribution in [2.75, 3.05) is 6.54 Å². The van der Waals surface area contributed by atoms with Crippen molar-refractivity contribution in [2.45, 2.75) is 58.7 Å². The maximum Gasteiger partial charge on any atom is 0.0307 e. The van der Waals surface area contributed by atoms with Gasteiger partial charge in [-0.2, -0.15) is 0 Å². The molecular weight excluding hydrogens is 220 g/mol. The summed E-state index contributed by atoms with van der Waals surface area (Å²) in [5.41, 5.74) is 10.6. The Morgan fingerprint density at radius 2 is 2.06 bits per heavy atom. The van der Waals surface area contributed by atoms with Crippen LogP contribution < -0.4 is 5.73 Å². The number of nitrogens with zero attached hydrogens (tertiary/aromatic N) is 1. The minimum atomic E-state index is 0.106. The highest BCUT2D eigenvalue weighted by atomic mass is 15.2. The van der Waals surface area contributed by atoms with Crippen LogP contribution in [0.2, 0.25) is 0 Å². The second-order valence-electron chi connectivity index (χ2n) is 6.25. The monoisotopic (exact) mass is 246 g/mol. The lowest BCUT2D eigenvalue weighted by Crippen LogP contribution is -2.59. The van der Waals surface area contributed by atoms with Crippen LogP contribution in [-0.4, -0.2) is 23.0 Å². The number of rotatable bonds is 2. The molecule has 2 heteroatoms. The highest BCUT2D eigenvalue weighted by molar-refractivity contribution is 5.30. The van der Waals surface area contributed by atoms with Gasteiger partial charge in [-0.1, -0.05) is 23.8 Å². The number of hydrogen-bond acceptors (Lipinski definition) is 2. The molecule has 0 saturated carbocycles. The molecule has 1 aromatic carbocycles. The molecule has 18 heavy (non-hydrogen) atoms. The van der Waals surface area contributed by atoms with Gasteiger partial charge in [-0.05, 0) is 58.2 Å². The molecule has 0 bridgehead atoms. The molecule has 1 saturated heterocycles. The van der Waals surface area contributed by atoms with Gasteiger partial charge in [0.2, 0.25) is 0 Å². The first-order valence-corrected chi connectivity index (χ1v) is 6.98. The van der Waals surface area contributed by atoms with E-state index in [1.807, 2.05) is 0 Å². The predicted octanol–water partition coefficient (Wildman–Crippen LogP) is 3.01. The molecule has 0 radical (unpaired) electrons. The van der Waals surface area contributed by atoms with Gasteiger partial charge in [-0.15, -0.1) is 0 Å². The van der Waals surface area contributed by atoms with E-state index in [1.165, 1.54) is 23.1 Å². The largest absolute Gasteiger partial charge is 0.326 e. The van der Waals surface area contributed by atoms with E-state index in [9.17, 15) is 0 Å². The second kappa shape index (κ2) is 5.02. The van der Waals surface area contributed by atoms with Crippen molar-refractivity contribution < 1.29 is 0 Å². The van der Waals surface area contributed by atoms with Crippen LogP contribution in [0, 0.1) is 13.8 Å². The van der Waals surface area contributed by atoms with E-state index in [-0.39, 0.29) is 11.6 Å². The average Bonchev–Trinajstić information content (AvgIpc) is 2.30. The summed E-state index contributed by atoms with van der Waals surface area (Å²) in [5.74, 6) is 0. The fourth-order valence-electron chi connectivity index (χ4n) is 2.84.